The van der Waals surface area contributed by atoms with E-state index in [1.807, 2.05) is 0 Å². The fourth-order valence-corrected chi connectivity index (χ4v) is 0. The number of carboxylic acids is 2. The van der Waals surface area contributed by atoms with E-state index in [0.717, 1.165) is 13.8 Å². The van der Waals surface area contributed by atoms with Crippen LogP contribution in [0.2, 0.25) is 0 Å². The van der Waals surface area contributed by atoms with Gasteiger partial charge >= 0.3 is 0 Å². The smallest absolute Gasteiger partial charge is 0.300 e. The van der Waals surface area contributed by atoms with Gasteiger partial charge in [-0.2, -0.15) is 0 Å². The Kier molecular flexibility index (Phi) is 35.9. The van der Waals surface area contributed by atoms with E-state index in [1.165, 1.54) is 0 Å². The molecule has 0 aliphatic rings. The molecule has 0 aromatic carbocycles. The summed E-state index contributed by atoms with van der Waals surface area (Å²) in [5, 5.41) is 14.8. The monoisotopic (exact) mass is 225 g/mol. The quantitative estimate of drug-likeness (QED) is 0.594. The second-order valence-corrected chi connectivity index (χ2v) is 1.04. The maximum atomic E-state index is 9.00. The van der Waals surface area contributed by atoms with Crippen molar-refractivity contribution in [3.63, 3.8) is 0 Å². The fraction of sp³-hybridized carbons (Fsp3) is 0.400. The third-order valence-corrected chi connectivity index (χ3v) is 0. The molecule has 0 amide bonds. The summed E-state index contributed by atoms with van der Waals surface area (Å²) in [6.07, 6.45) is 0. The van der Waals surface area contributed by atoms with Crippen LogP contribution in [0.25, 0.3) is 0 Å². The van der Waals surface area contributed by atoms with Crippen LogP contribution in [0.1, 0.15) is 13.8 Å². The second kappa shape index (κ2) is 15.9. The number of aliphatic carboxylic acids is 2. The van der Waals surface area contributed by atoms with Crippen LogP contribution in [0.5, 0.6) is 0 Å². The Labute approximate surface area is 79.4 Å². The molecule has 5 heteroatoms. The topological polar surface area (TPSA) is 74.6 Å². The van der Waals surface area contributed by atoms with Gasteiger partial charge in [-0.3, -0.25) is 9.59 Å². The van der Waals surface area contributed by atoms with Crippen molar-refractivity contribution in [2.75, 3.05) is 0 Å². The molecule has 4 nitrogen and oxygen atoms in total. The van der Waals surface area contributed by atoms with Crippen molar-refractivity contribution < 1.29 is 46.0 Å². The standard InChI is InChI=1S/2C2H4O2.CH3.Zr/c2*1-2(3)4;;/h2*1H3,(H,3,4);1H3;/q;;-1;. The average molecular weight is 226 g/mol. The van der Waals surface area contributed by atoms with E-state index in [4.69, 9.17) is 19.8 Å². The molecule has 0 aromatic heterocycles. The van der Waals surface area contributed by atoms with Crippen molar-refractivity contribution in [1.82, 2.24) is 0 Å². The van der Waals surface area contributed by atoms with Gasteiger partial charge in [0.2, 0.25) is 0 Å². The first-order chi connectivity index (χ1) is 3.46. The minimum Gasteiger partial charge on any atom is -0.481 e. The molecule has 0 atom stereocenters. The van der Waals surface area contributed by atoms with E-state index >= 15 is 0 Å². The summed E-state index contributed by atoms with van der Waals surface area (Å²) in [6, 6.07) is 0. The van der Waals surface area contributed by atoms with Gasteiger partial charge in [0.1, 0.15) is 0 Å². The van der Waals surface area contributed by atoms with Crippen molar-refractivity contribution in [3.05, 3.63) is 7.43 Å². The van der Waals surface area contributed by atoms with E-state index in [9.17, 15) is 0 Å². The van der Waals surface area contributed by atoms with Crippen LogP contribution in [-0.2, 0) is 35.8 Å². The first kappa shape index (κ1) is 22.6. The summed E-state index contributed by atoms with van der Waals surface area (Å²) in [7, 11) is 0. The molecule has 0 bridgehead atoms. The first-order valence-electron chi connectivity index (χ1n) is 1.86. The van der Waals surface area contributed by atoms with Crippen molar-refractivity contribution in [3.8, 4) is 0 Å². The van der Waals surface area contributed by atoms with E-state index in [2.05, 4.69) is 0 Å². The molecular weight excluding hydrogens is 215 g/mol. The number of hydrogen-bond donors (Lipinski definition) is 2. The molecule has 0 saturated heterocycles. The molecule has 0 fully saturated rings. The largest absolute Gasteiger partial charge is 0.481 e. The molecule has 0 unspecified atom stereocenters. The Morgan fingerprint density at radius 2 is 1.00 bits per heavy atom. The van der Waals surface area contributed by atoms with E-state index in [0.29, 0.717) is 0 Å². The van der Waals surface area contributed by atoms with Crippen molar-refractivity contribution in [2.45, 2.75) is 13.8 Å². The predicted octanol–water partition coefficient (Wildman–Crippen LogP) is 0.630. The van der Waals surface area contributed by atoms with Crippen molar-refractivity contribution in [1.29, 1.82) is 0 Å². The second-order valence-electron chi connectivity index (χ2n) is 1.04. The van der Waals surface area contributed by atoms with Gasteiger partial charge in [-0.25, -0.2) is 0 Å². The van der Waals surface area contributed by atoms with Gasteiger partial charge < -0.3 is 17.6 Å². The molecule has 0 heterocycles. The van der Waals surface area contributed by atoms with Gasteiger partial charge in [0.25, 0.3) is 11.9 Å². The Morgan fingerprint density at radius 3 is 1.00 bits per heavy atom. The number of hydrogen-bond acceptors (Lipinski definition) is 2. The summed E-state index contributed by atoms with van der Waals surface area (Å²) < 4.78 is 0. The molecule has 0 radical (unpaired) electrons. The predicted molar refractivity (Wildman–Crippen MR) is 33.0 cm³/mol. The summed E-state index contributed by atoms with van der Waals surface area (Å²) in [6.45, 7) is 2.17. The van der Waals surface area contributed by atoms with Crippen molar-refractivity contribution >= 4 is 11.9 Å². The van der Waals surface area contributed by atoms with Gasteiger partial charge in [-0.15, -0.1) is 0 Å². The van der Waals surface area contributed by atoms with Gasteiger partial charge in [0.05, 0.1) is 0 Å². The Hall–Kier alpha value is -0.177. The summed E-state index contributed by atoms with van der Waals surface area (Å²) >= 11 is 0. The maximum Gasteiger partial charge on any atom is 0.300 e. The van der Waals surface area contributed by atoms with Crippen LogP contribution < -0.4 is 0 Å². The van der Waals surface area contributed by atoms with E-state index < -0.39 is 11.9 Å². The molecule has 2 N–H and O–H groups in total. The maximum absolute atomic E-state index is 9.00. The molecule has 60 valence electrons. The van der Waals surface area contributed by atoms with Crippen LogP contribution >= 0.6 is 0 Å². The van der Waals surface area contributed by atoms with E-state index in [-0.39, 0.29) is 33.6 Å². The minimum absolute atomic E-state index is 0. The van der Waals surface area contributed by atoms with Gasteiger partial charge in [-0.1, -0.05) is 0 Å². The summed E-state index contributed by atoms with van der Waals surface area (Å²) in [5.74, 6) is -1.67. The molecule has 0 saturated carbocycles. The third kappa shape index (κ3) is 11600. The zero-order chi connectivity index (χ0) is 7.15. The van der Waals surface area contributed by atoms with Crippen LogP contribution in [0.4, 0.5) is 0 Å². The Balaban J connectivity index is -0.0000000300. The Morgan fingerprint density at radius 1 is 1.00 bits per heavy atom. The Bertz CT molecular complexity index is 71.6. The normalized spacial score (nSPS) is 5.00. The van der Waals surface area contributed by atoms with Gasteiger partial charge in [-0.05, 0) is 0 Å². The molecule has 10 heavy (non-hydrogen) atoms. The molecule has 0 aliphatic heterocycles. The van der Waals surface area contributed by atoms with Gasteiger partial charge in [0, 0.05) is 40.1 Å². The number of carboxylic acid groups (broad SMARTS) is 2. The average Bonchev–Trinajstić information content (AvgIpc) is 1.25. The van der Waals surface area contributed by atoms with Crippen molar-refractivity contribution in [2.24, 2.45) is 0 Å². The third-order valence-electron chi connectivity index (χ3n) is 0. The summed E-state index contributed by atoms with van der Waals surface area (Å²) in [5.41, 5.74) is 0. The van der Waals surface area contributed by atoms with Crippen LogP contribution in [0.15, 0.2) is 0 Å². The number of rotatable bonds is 0. The van der Waals surface area contributed by atoms with Crippen LogP contribution in [-0.4, -0.2) is 22.2 Å². The SMILES string of the molecule is CC(=O)O.CC(=O)O.[CH3-].[Zr]. The van der Waals surface area contributed by atoms with Gasteiger partial charge in [0.15, 0.2) is 0 Å². The van der Waals surface area contributed by atoms with Crippen LogP contribution in [0.3, 0.4) is 0 Å². The van der Waals surface area contributed by atoms with Crippen LogP contribution in [0, 0.1) is 7.43 Å². The summed E-state index contributed by atoms with van der Waals surface area (Å²) in [4.78, 5) is 18.0. The molecular formula is C5H11O4Zr-. The minimum atomic E-state index is -0.833. The molecule has 0 rings (SSSR count). The zero-order valence-corrected chi connectivity index (χ0v) is 8.67. The number of carbonyl (C=O) groups is 2. The zero-order valence-electron chi connectivity index (χ0n) is 6.21. The molecule has 0 spiro atoms. The van der Waals surface area contributed by atoms with E-state index in [1.54, 1.807) is 0 Å². The first-order valence-corrected chi connectivity index (χ1v) is 1.86. The fourth-order valence-electron chi connectivity index (χ4n) is 0. The molecule has 0 aromatic rings. The molecule has 0 aliphatic carbocycles.